The topological polar surface area (TPSA) is 12.0 Å². The number of thioether (sulfide) groups is 1. The average molecular weight is 259 g/mol. The highest BCUT2D eigenvalue weighted by Gasteiger charge is 2.53. The molecule has 0 aromatic heterocycles. The predicted molar refractivity (Wildman–Crippen MR) is 76.9 cm³/mol. The van der Waals surface area contributed by atoms with Crippen LogP contribution < -0.4 is 5.32 Å². The third kappa shape index (κ3) is 2.00. The van der Waals surface area contributed by atoms with Crippen LogP contribution in [0.4, 0.5) is 0 Å². The minimum absolute atomic E-state index is 0.610. The zero-order valence-corrected chi connectivity index (χ0v) is 11.6. The minimum atomic E-state index is 0.610. The Morgan fingerprint density at radius 3 is 2.78 bits per heavy atom. The molecule has 1 aromatic carbocycles. The van der Waals surface area contributed by atoms with E-state index in [1.165, 1.54) is 49.3 Å². The molecule has 0 radical (unpaired) electrons. The maximum Gasteiger partial charge on any atom is 0.0339 e. The van der Waals surface area contributed by atoms with Crippen molar-refractivity contribution in [3.05, 3.63) is 29.8 Å². The first-order chi connectivity index (χ1) is 8.87. The number of nitrogens with one attached hydrogen (secondary N) is 1. The molecule has 0 saturated heterocycles. The number of benzene rings is 1. The first-order valence-electron chi connectivity index (χ1n) is 7.33. The third-order valence-corrected chi connectivity index (χ3v) is 6.12. The maximum absolute atomic E-state index is 3.89. The first-order valence-corrected chi connectivity index (χ1v) is 8.31. The summed E-state index contributed by atoms with van der Waals surface area (Å²) in [5, 5.41) is 3.89. The van der Waals surface area contributed by atoms with Crippen LogP contribution in [0.15, 0.2) is 29.2 Å². The fourth-order valence-electron chi connectivity index (χ4n) is 3.47. The Bertz CT molecular complexity index is 448. The lowest BCUT2D eigenvalue weighted by atomic mass is 9.98. The normalized spacial score (nSPS) is 28.8. The van der Waals surface area contributed by atoms with E-state index in [0.717, 1.165) is 11.3 Å². The zero-order chi connectivity index (χ0) is 12.0. The van der Waals surface area contributed by atoms with Gasteiger partial charge in [0.2, 0.25) is 0 Å². The summed E-state index contributed by atoms with van der Waals surface area (Å²) in [4.78, 5) is 1.50. The van der Waals surface area contributed by atoms with E-state index >= 15 is 0 Å². The van der Waals surface area contributed by atoms with Crippen LogP contribution in [-0.2, 0) is 0 Å². The molecule has 0 amide bonds. The smallest absolute Gasteiger partial charge is 0.0339 e. The SMILES string of the molecule is c1ccc2c(c1)SCCC2NCC1(C2CC2)CC1. The second-order valence-electron chi connectivity index (χ2n) is 6.25. The number of hydrogen-bond donors (Lipinski definition) is 1. The van der Waals surface area contributed by atoms with Gasteiger partial charge in [0.05, 0.1) is 0 Å². The van der Waals surface area contributed by atoms with Gasteiger partial charge in [0.25, 0.3) is 0 Å². The van der Waals surface area contributed by atoms with E-state index in [1.54, 1.807) is 5.56 Å². The molecule has 2 heteroatoms. The van der Waals surface area contributed by atoms with Crippen molar-refractivity contribution < 1.29 is 0 Å². The molecular weight excluding hydrogens is 238 g/mol. The van der Waals surface area contributed by atoms with Crippen molar-refractivity contribution in [2.45, 2.75) is 43.0 Å². The molecule has 2 saturated carbocycles. The minimum Gasteiger partial charge on any atom is -0.309 e. The van der Waals surface area contributed by atoms with E-state index in [4.69, 9.17) is 0 Å². The lowest BCUT2D eigenvalue weighted by Crippen LogP contribution is -2.31. The maximum atomic E-state index is 3.89. The van der Waals surface area contributed by atoms with E-state index in [-0.39, 0.29) is 0 Å². The van der Waals surface area contributed by atoms with Gasteiger partial charge in [0, 0.05) is 17.5 Å². The molecule has 1 N–H and O–H groups in total. The molecule has 1 unspecified atom stereocenters. The molecule has 1 heterocycles. The monoisotopic (exact) mass is 259 g/mol. The Morgan fingerprint density at radius 2 is 2.00 bits per heavy atom. The lowest BCUT2D eigenvalue weighted by molar-refractivity contribution is 0.368. The van der Waals surface area contributed by atoms with E-state index < -0.39 is 0 Å². The molecule has 1 aromatic rings. The van der Waals surface area contributed by atoms with Gasteiger partial charge in [-0.25, -0.2) is 0 Å². The van der Waals surface area contributed by atoms with Crippen LogP contribution in [0.25, 0.3) is 0 Å². The number of hydrogen-bond acceptors (Lipinski definition) is 2. The van der Waals surface area contributed by atoms with E-state index in [2.05, 4.69) is 29.6 Å². The lowest BCUT2D eigenvalue weighted by Gasteiger charge is -2.28. The zero-order valence-electron chi connectivity index (χ0n) is 10.8. The van der Waals surface area contributed by atoms with Gasteiger partial charge < -0.3 is 5.32 Å². The molecule has 96 valence electrons. The Kier molecular flexibility index (Phi) is 2.70. The molecule has 3 aliphatic rings. The fourth-order valence-corrected chi connectivity index (χ4v) is 4.59. The van der Waals surface area contributed by atoms with E-state index in [9.17, 15) is 0 Å². The average Bonchev–Trinajstić information content (AvgIpc) is 3.28. The molecule has 1 aliphatic heterocycles. The van der Waals surface area contributed by atoms with Gasteiger partial charge in [-0.15, -0.1) is 11.8 Å². The van der Waals surface area contributed by atoms with Gasteiger partial charge >= 0.3 is 0 Å². The fraction of sp³-hybridized carbons (Fsp3) is 0.625. The van der Waals surface area contributed by atoms with Gasteiger partial charge in [-0.05, 0) is 60.8 Å². The summed E-state index contributed by atoms with van der Waals surface area (Å²) in [5.74, 6) is 2.34. The highest BCUT2D eigenvalue weighted by Crippen LogP contribution is 2.61. The van der Waals surface area contributed by atoms with E-state index in [1.807, 2.05) is 11.8 Å². The Morgan fingerprint density at radius 1 is 1.17 bits per heavy atom. The molecular formula is C16H21NS. The second kappa shape index (κ2) is 4.28. The van der Waals surface area contributed by atoms with Crippen molar-refractivity contribution in [1.82, 2.24) is 5.32 Å². The van der Waals surface area contributed by atoms with Crippen LogP contribution in [0.3, 0.4) is 0 Å². The molecule has 1 atom stereocenters. The summed E-state index contributed by atoms with van der Waals surface area (Å²) < 4.78 is 0. The van der Waals surface area contributed by atoms with Crippen LogP contribution in [0.5, 0.6) is 0 Å². The first kappa shape index (κ1) is 11.4. The number of rotatable bonds is 4. The van der Waals surface area contributed by atoms with Crippen molar-refractivity contribution in [3.8, 4) is 0 Å². The summed E-state index contributed by atoms with van der Waals surface area (Å²) in [5.41, 5.74) is 2.26. The van der Waals surface area contributed by atoms with Crippen molar-refractivity contribution in [3.63, 3.8) is 0 Å². The molecule has 18 heavy (non-hydrogen) atoms. The molecule has 1 nitrogen and oxygen atoms in total. The van der Waals surface area contributed by atoms with Crippen LogP contribution in [0, 0.1) is 11.3 Å². The van der Waals surface area contributed by atoms with Gasteiger partial charge in [0.15, 0.2) is 0 Å². The molecule has 2 aliphatic carbocycles. The van der Waals surface area contributed by atoms with E-state index in [0.29, 0.717) is 6.04 Å². The highest BCUT2D eigenvalue weighted by molar-refractivity contribution is 7.99. The Balaban J connectivity index is 1.46. The summed E-state index contributed by atoms with van der Waals surface area (Å²) in [6.45, 7) is 1.27. The second-order valence-corrected chi connectivity index (χ2v) is 7.38. The largest absolute Gasteiger partial charge is 0.309 e. The van der Waals surface area contributed by atoms with Gasteiger partial charge in [-0.3, -0.25) is 0 Å². The quantitative estimate of drug-likeness (QED) is 0.877. The van der Waals surface area contributed by atoms with Gasteiger partial charge in [-0.2, -0.15) is 0 Å². The van der Waals surface area contributed by atoms with Crippen LogP contribution in [-0.4, -0.2) is 12.3 Å². The Hall–Kier alpha value is -0.470. The van der Waals surface area contributed by atoms with Crippen LogP contribution in [0.2, 0.25) is 0 Å². The molecule has 2 fully saturated rings. The summed E-state index contributed by atoms with van der Waals surface area (Å²) >= 11 is 2.02. The summed E-state index contributed by atoms with van der Waals surface area (Å²) in [7, 11) is 0. The van der Waals surface area contributed by atoms with Crippen molar-refractivity contribution >= 4 is 11.8 Å². The van der Waals surface area contributed by atoms with Crippen LogP contribution >= 0.6 is 11.8 Å². The Labute approximate surface area is 114 Å². The van der Waals surface area contributed by atoms with Gasteiger partial charge in [-0.1, -0.05) is 18.2 Å². The highest BCUT2D eigenvalue weighted by atomic mass is 32.2. The standard InChI is InChI=1S/C16H21NS/c1-2-4-15-13(3-1)14(7-10-18-15)17-11-16(8-9-16)12-5-6-12/h1-4,12,14,17H,5-11H2. The summed E-state index contributed by atoms with van der Waals surface area (Å²) in [6.07, 6.45) is 7.25. The van der Waals surface area contributed by atoms with Crippen molar-refractivity contribution in [1.29, 1.82) is 0 Å². The van der Waals surface area contributed by atoms with Crippen LogP contribution in [0.1, 0.15) is 43.7 Å². The number of fused-ring (bicyclic) bond motifs is 1. The molecule has 0 bridgehead atoms. The van der Waals surface area contributed by atoms with Crippen molar-refractivity contribution in [2.24, 2.45) is 11.3 Å². The molecule has 0 spiro atoms. The third-order valence-electron chi connectivity index (χ3n) is 4.99. The molecule has 4 rings (SSSR count). The van der Waals surface area contributed by atoms with Gasteiger partial charge in [0.1, 0.15) is 0 Å². The summed E-state index contributed by atoms with van der Waals surface area (Å²) in [6, 6.07) is 9.56. The van der Waals surface area contributed by atoms with Crippen molar-refractivity contribution in [2.75, 3.05) is 12.3 Å². The predicted octanol–water partition coefficient (Wildman–Crippen LogP) is 4.00.